The Morgan fingerprint density at radius 1 is 1.12 bits per heavy atom. The summed E-state index contributed by atoms with van der Waals surface area (Å²) in [5.41, 5.74) is 1.27. The van der Waals surface area contributed by atoms with Gasteiger partial charge >= 0.3 is 0 Å². The smallest absolute Gasteiger partial charge is 0.190 e. The summed E-state index contributed by atoms with van der Waals surface area (Å²) in [6, 6.07) is 10.5. The fourth-order valence-corrected chi connectivity index (χ4v) is 2.63. The van der Waals surface area contributed by atoms with Crippen LogP contribution in [0.2, 0.25) is 0 Å². The predicted molar refractivity (Wildman–Crippen MR) is 122 cm³/mol. The molecule has 0 saturated heterocycles. The molecule has 0 aromatic heterocycles. The highest BCUT2D eigenvalue weighted by Gasteiger charge is 2.20. The molecule has 5 nitrogen and oxygen atoms in total. The molecule has 1 aromatic carbocycles. The van der Waals surface area contributed by atoms with Gasteiger partial charge in [0.15, 0.2) is 5.96 Å². The Hall–Kier alpha value is -1.02. The first-order chi connectivity index (χ1) is 12.3. The van der Waals surface area contributed by atoms with Gasteiger partial charge in [0.1, 0.15) is 0 Å². The maximum atomic E-state index is 5.64. The quantitative estimate of drug-likeness (QED) is 0.211. The Balaban J connectivity index is 0.00000338. The number of unbranched alkanes of at least 4 members (excludes halogenated alkanes) is 1. The van der Waals surface area contributed by atoms with Crippen molar-refractivity contribution in [2.45, 2.75) is 32.1 Å². The van der Waals surface area contributed by atoms with E-state index in [1.807, 2.05) is 7.05 Å². The average molecular weight is 474 g/mol. The Kier molecular flexibility index (Phi) is 12.5. The van der Waals surface area contributed by atoms with Crippen LogP contribution in [0.5, 0.6) is 0 Å². The third kappa shape index (κ3) is 10.2. The minimum atomic E-state index is 0. The van der Waals surface area contributed by atoms with Gasteiger partial charge in [-0.15, -0.1) is 24.0 Å². The van der Waals surface area contributed by atoms with E-state index in [1.165, 1.54) is 18.5 Å². The summed E-state index contributed by atoms with van der Waals surface area (Å²) in [6.07, 6.45) is 6.02. The maximum Gasteiger partial charge on any atom is 0.190 e. The lowest BCUT2D eigenvalue weighted by atomic mass is 10.2. The topological polar surface area (TPSA) is 48.9 Å². The highest BCUT2D eigenvalue weighted by molar-refractivity contribution is 14.0. The average Bonchev–Trinajstić information content (AvgIpc) is 3.47. The van der Waals surface area contributed by atoms with Gasteiger partial charge in [-0.1, -0.05) is 18.2 Å². The van der Waals surface area contributed by atoms with Gasteiger partial charge in [0.2, 0.25) is 0 Å². The van der Waals surface area contributed by atoms with E-state index in [1.54, 1.807) is 0 Å². The Morgan fingerprint density at radius 3 is 2.46 bits per heavy atom. The molecule has 26 heavy (non-hydrogen) atoms. The van der Waals surface area contributed by atoms with Crippen molar-refractivity contribution in [2.75, 3.05) is 51.8 Å². The van der Waals surface area contributed by atoms with Crippen molar-refractivity contribution in [3.8, 4) is 0 Å². The number of ether oxygens (including phenoxy) is 1. The van der Waals surface area contributed by atoms with Crippen molar-refractivity contribution in [3.05, 3.63) is 30.3 Å². The third-order valence-electron chi connectivity index (χ3n) is 4.44. The van der Waals surface area contributed by atoms with E-state index in [4.69, 9.17) is 4.74 Å². The lowest BCUT2D eigenvalue weighted by molar-refractivity contribution is 0.123. The SMILES string of the molecule is CN=C(NCCCCN(C)c1ccccc1)NCCCOCC1CC1.I. The standard InChI is InChI=1S/C20H34N4O.HI/c1-21-20(23-14-8-16-25-17-18-11-12-18)22-13-6-7-15-24(2)19-9-4-3-5-10-19;/h3-5,9-10,18H,6-8,11-17H2,1-2H3,(H2,21,22,23);1H. The molecule has 0 unspecified atom stereocenters. The van der Waals surface area contributed by atoms with E-state index < -0.39 is 0 Å². The normalized spacial score (nSPS) is 13.8. The molecule has 1 saturated carbocycles. The number of hydrogen-bond acceptors (Lipinski definition) is 3. The number of rotatable bonds is 12. The first kappa shape index (κ1) is 23.0. The number of anilines is 1. The zero-order valence-corrected chi connectivity index (χ0v) is 18.6. The molecule has 0 spiro atoms. The number of hydrogen-bond donors (Lipinski definition) is 2. The summed E-state index contributed by atoms with van der Waals surface area (Å²) < 4.78 is 5.64. The molecule has 148 valence electrons. The lowest BCUT2D eigenvalue weighted by Crippen LogP contribution is -2.38. The molecule has 1 aromatic rings. The number of halogens is 1. The van der Waals surface area contributed by atoms with Crippen LogP contribution in [0, 0.1) is 5.92 Å². The van der Waals surface area contributed by atoms with Gasteiger partial charge < -0.3 is 20.3 Å². The summed E-state index contributed by atoms with van der Waals surface area (Å²) in [5, 5.41) is 6.73. The number of aliphatic imine (C=N–C) groups is 1. The van der Waals surface area contributed by atoms with Crippen molar-refractivity contribution < 1.29 is 4.74 Å². The molecular weight excluding hydrogens is 439 g/mol. The fourth-order valence-electron chi connectivity index (χ4n) is 2.63. The molecule has 0 bridgehead atoms. The number of para-hydroxylation sites is 1. The first-order valence-corrected chi connectivity index (χ1v) is 9.58. The second kappa shape index (κ2) is 14.1. The summed E-state index contributed by atoms with van der Waals surface area (Å²) >= 11 is 0. The minimum Gasteiger partial charge on any atom is -0.381 e. The molecule has 1 aliphatic carbocycles. The first-order valence-electron chi connectivity index (χ1n) is 9.58. The van der Waals surface area contributed by atoms with Crippen LogP contribution in [-0.2, 0) is 4.74 Å². The van der Waals surface area contributed by atoms with Gasteiger partial charge in [-0.2, -0.15) is 0 Å². The maximum absolute atomic E-state index is 5.64. The summed E-state index contributed by atoms with van der Waals surface area (Å²) in [7, 11) is 3.97. The molecule has 0 radical (unpaired) electrons. The minimum absolute atomic E-state index is 0. The summed E-state index contributed by atoms with van der Waals surface area (Å²) in [6.45, 7) is 4.70. The molecule has 1 fully saturated rings. The second-order valence-corrected chi connectivity index (χ2v) is 6.76. The number of benzene rings is 1. The zero-order valence-electron chi connectivity index (χ0n) is 16.2. The monoisotopic (exact) mass is 474 g/mol. The van der Waals surface area contributed by atoms with Crippen LogP contribution in [-0.4, -0.2) is 52.9 Å². The fraction of sp³-hybridized carbons (Fsp3) is 0.650. The van der Waals surface area contributed by atoms with Crippen LogP contribution in [0.25, 0.3) is 0 Å². The highest BCUT2D eigenvalue weighted by Crippen LogP contribution is 2.28. The Morgan fingerprint density at radius 2 is 1.81 bits per heavy atom. The van der Waals surface area contributed by atoms with Gasteiger partial charge in [0, 0.05) is 52.6 Å². The van der Waals surface area contributed by atoms with Crippen LogP contribution >= 0.6 is 24.0 Å². The van der Waals surface area contributed by atoms with Crippen LogP contribution in [0.15, 0.2) is 35.3 Å². The van der Waals surface area contributed by atoms with E-state index in [-0.39, 0.29) is 24.0 Å². The molecule has 0 atom stereocenters. The van der Waals surface area contributed by atoms with Gasteiger partial charge in [-0.25, -0.2) is 0 Å². The number of nitrogens with zero attached hydrogens (tertiary/aromatic N) is 2. The molecule has 0 heterocycles. The van der Waals surface area contributed by atoms with Gasteiger partial charge in [0.05, 0.1) is 0 Å². The van der Waals surface area contributed by atoms with Crippen molar-refractivity contribution in [2.24, 2.45) is 10.9 Å². The summed E-state index contributed by atoms with van der Waals surface area (Å²) in [4.78, 5) is 6.57. The molecule has 2 N–H and O–H groups in total. The van der Waals surface area contributed by atoms with E-state index in [9.17, 15) is 0 Å². The van der Waals surface area contributed by atoms with E-state index in [0.29, 0.717) is 0 Å². The van der Waals surface area contributed by atoms with Crippen LogP contribution in [0.3, 0.4) is 0 Å². The van der Waals surface area contributed by atoms with E-state index in [2.05, 4.69) is 57.9 Å². The van der Waals surface area contributed by atoms with Crippen molar-refractivity contribution in [1.82, 2.24) is 10.6 Å². The van der Waals surface area contributed by atoms with Crippen LogP contribution < -0.4 is 15.5 Å². The van der Waals surface area contributed by atoms with E-state index in [0.717, 1.165) is 64.0 Å². The van der Waals surface area contributed by atoms with Crippen molar-refractivity contribution >= 4 is 35.6 Å². The Bertz CT molecular complexity index is 494. The highest BCUT2D eigenvalue weighted by atomic mass is 127. The van der Waals surface area contributed by atoms with E-state index >= 15 is 0 Å². The Labute approximate surface area is 176 Å². The third-order valence-corrected chi connectivity index (χ3v) is 4.44. The number of nitrogens with one attached hydrogen (secondary N) is 2. The van der Waals surface area contributed by atoms with Gasteiger partial charge in [0.25, 0.3) is 0 Å². The molecule has 0 aliphatic heterocycles. The molecule has 2 rings (SSSR count). The zero-order chi connectivity index (χ0) is 17.7. The summed E-state index contributed by atoms with van der Waals surface area (Å²) in [5.74, 6) is 1.74. The van der Waals surface area contributed by atoms with Crippen molar-refractivity contribution in [1.29, 1.82) is 0 Å². The molecule has 0 amide bonds. The second-order valence-electron chi connectivity index (χ2n) is 6.76. The largest absolute Gasteiger partial charge is 0.381 e. The van der Waals surface area contributed by atoms with Crippen LogP contribution in [0.1, 0.15) is 32.1 Å². The van der Waals surface area contributed by atoms with Crippen molar-refractivity contribution in [3.63, 3.8) is 0 Å². The van der Waals surface area contributed by atoms with Gasteiger partial charge in [-0.3, -0.25) is 4.99 Å². The molecular formula is C20H35IN4O. The predicted octanol–water partition coefficient (Wildman–Crippen LogP) is 3.50. The molecule has 1 aliphatic rings. The molecule has 6 heteroatoms. The van der Waals surface area contributed by atoms with Gasteiger partial charge in [-0.05, 0) is 50.2 Å². The lowest BCUT2D eigenvalue weighted by Gasteiger charge is -2.19. The van der Waals surface area contributed by atoms with Crippen LogP contribution in [0.4, 0.5) is 5.69 Å². The number of guanidine groups is 1.